The first-order valence-electron chi connectivity index (χ1n) is 8.10. The van der Waals surface area contributed by atoms with Gasteiger partial charge in [-0.05, 0) is 56.2 Å². The third-order valence-corrected chi connectivity index (χ3v) is 5.52. The largest absolute Gasteiger partial charge is 0.383 e. The minimum atomic E-state index is -3.61. The molecule has 0 aliphatic rings. The Morgan fingerprint density at radius 3 is 2.50 bits per heavy atom. The number of nitrogens with one attached hydrogen (secondary N) is 2. The van der Waals surface area contributed by atoms with Crippen molar-refractivity contribution in [2.75, 3.05) is 18.4 Å². The monoisotopic (exact) mass is 371 g/mol. The number of aryl methyl sites for hydroxylation is 2. The lowest BCUT2D eigenvalue weighted by atomic mass is 10.1. The maximum atomic E-state index is 12.4. The molecule has 0 atom stereocenters. The van der Waals surface area contributed by atoms with Crippen LogP contribution in [0.4, 0.5) is 5.69 Å². The lowest BCUT2D eigenvalue weighted by molar-refractivity contribution is 0.101. The molecule has 26 heavy (non-hydrogen) atoms. The van der Waals surface area contributed by atoms with E-state index in [1.54, 1.807) is 37.3 Å². The summed E-state index contributed by atoms with van der Waals surface area (Å²) in [6, 6.07) is 12.1. The fraction of sp³-hybridized carbons (Fsp3) is 0.263. The second kappa shape index (κ2) is 8.13. The van der Waals surface area contributed by atoms with E-state index >= 15 is 0 Å². The van der Waals surface area contributed by atoms with Gasteiger partial charge in [-0.1, -0.05) is 12.1 Å². The van der Waals surface area contributed by atoms with Gasteiger partial charge in [-0.3, -0.25) is 4.79 Å². The van der Waals surface area contributed by atoms with Crippen LogP contribution in [0.1, 0.15) is 34.0 Å². The molecule has 6 nitrogen and oxygen atoms in total. The Labute approximate surface area is 153 Å². The molecule has 2 aromatic rings. The molecule has 0 aliphatic carbocycles. The summed E-state index contributed by atoms with van der Waals surface area (Å²) in [6.07, 6.45) is 0. The Hall–Kier alpha value is -2.69. The van der Waals surface area contributed by atoms with Crippen LogP contribution >= 0.6 is 0 Å². The van der Waals surface area contributed by atoms with Gasteiger partial charge in [0.2, 0.25) is 10.0 Å². The number of ketones is 1. The SMILES string of the molecule is CC(=O)c1ccc(C#N)c(NCCNS(=O)(=O)c2cc(C)ccc2C)c1. The number of carbonyl (C=O) groups excluding carboxylic acids is 1. The fourth-order valence-electron chi connectivity index (χ4n) is 2.46. The van der Waals surface area contributed by atoms with E-state index in [1.807, 2.05) is 19.1 Å². The summed E-state index contributed by atoms with van der Waals surface area (Å²) in [5, 5.41) is 12.2. The predicted octanol–water partition coefficient (Wildman–Crippen LogP) is 2.77. The molecule has 0 amide bonds. The molecule has 0 heterocycles. The van der Waals surface area contributed by atoms with Crippen LogP contribution in [0.25, 0.3) is 0 Å². The van der Waals surface area contributed by atoms with Crippen molar-refractivity contribution in [2.24, 2.45) is 0 Å². The van der Waals surface area contributed by atoms with E-state index < -0.39 is 10.0 Å². The van der Waals surface area contributed by atoms with Crippen LogP contribution in [0.2, 0.25) is 0 Å². The molecule has 0 radical (unpaired) electrons. The molecular weight excluding hydrogens is 350 g/mol. The lowest BCUT2D eigenvalue weighted by Crippen LogP contribution is -2.29. The average Bonchev–Trinajstić information content (AvgIpc) is 2.60. The van der Waals surface area contributed by atoms with Gasteiger partial charge in [-0.2, -0.15) is 5.26 Å². The zero-order valence-electron chi connectivity index (χ0n) is 15.0. The summed E-state index contributed by atoms with van der Waals surface area (Å²) in [5.41, 5.74) is 2.94. The second-order valence-electron chi connectivity index (χ2n) is 6.02. The van der Waals surface area contributed by atoms with Gasteiger partial charge >= 0.3 is 0 Å². The van der Waals surface area contributed by atoms with Crippen LogP contribution in [-0.4, -0.2) is 27.3 Å². The Bertz CT molecular complexity index is 976. The molecule has 0 saturated carbocycles. The van der Waals surface area contributed by atoms with E-state index in [0.29, 0.717) is 22.4 Å². The Morgan fingerprint density at radius 1 is 1.12 bits per heavy atom. The van der Waals surface area contributed by atoms with E-state index in [4.69, 9.17) is 5.26 Å². The normalized spacial score (nSPS) is 11.0. The zero-order chi connectivity index (χ0) is 19.3. The van der Waals surface area contributed by atoms with Gasteiger partial charge in [0.05, 0.1) is 16.1 Å². The number of anilines is 1. The van der Waals surface area contributed by atoms with E-state index in [9.17, 15) is 13.2 Å². The van der Waals surface area contributed by atoms with Gasteiger partial charge in [-0.15, -0.1) is 0 Å². The van der Waals surface area contributed by atoms with Gasteiger partial charge in [-0.25, -0.2) is 13.1 Å². The van der Waals surface area contributed by atoms with Crippen LogP contribution in [0.5, 0.6) is 0 Å². The number of Topliss-reactive ketones (excluding diaryl/α,β-unsaturated/α-hetero) is 1. The van der Waals surface area contributed by atoms with Crippen molar-refractivity contribution in [3.8, 4) is 6.07 Å². The summed E-state index contributed by atoms with van der Waals surface area (Å²) in [7, 11) is -3.61. The topological polar surface area (TPSA) is 99.1 Å². The van der Waals surface area contributed by atoms with Crippen LogP contribution in [0.3, 0.4) is 0 Å². The first kappa shape index (κ1) is 19.6. The van der Waals surface area contributed by atoms with Crippen molar-refractivity contribution in [3.63, 3.8) is 0 Å². The number of hydrogen-bond donors (Lipinski definition) is 2. The Morgan fingerprint density at radius 2 is 1.85 bits per heavy atom. The van der Waals surface area contributed by atoms with Crippen molar-refractivity contribution >= 4 is 21.5 Å². The quantitative estimate of drug-likeness (QED) is 0.576. The van der Waals surface area contributed by atoms with E-state index in [-0.39, 0.29) is 23.8 Å². The van der Waals surface area contributed by atoms with Gasteiger partial charge in [0.1, 0.15) is 6.07 Å². The van der Waals surface area contributed by atoms with Crippen molar-refractivity contribution in [1.29, 1.82) is 5.26 Å². The van der Waals surface area contributed by atoms with E-state index in [0.717, 1.165) is 5.56 Å². The number of nitrogens with zero attached hydrogens (tertiary/aromatic N) is 1. The number of nitriles is 1. The molecule has 2 aromatic carbocycles. The minimum absolute atomic E-state index is 0.104. The summed E-state index contributed by atoms with van der Waals surface area (Å²) in [5.74, 6) is -0.104. The van der Waals surface area contributed by atoms with Crippen molar-refractivity contribution < 1.29 is 13.2 Å². The highest BCUT2D eigenvalue weighted by Crippen LogP contribution is 2.18. The molecular formula is C19H21N3O3S. The van der Waals surface area contributed by atoms with Crippen LogP contribution in [-0.2, 0) is 10.0 Å². The maximum Gasteiger partial charge on any atom is 0.240 e. The number of hydrogen-bond acceptors (Lipinski definition) is 5. The molecule has 136 valence electrons. The van der Waals surface area contributed by atoms with E-state index in [2.05, 4.69) is 10.0 Å². The average molecular weight is 371 g/mol. The second-order valence-corrected chi connectivity index (χ2v) is 7.76. The molecule has 0 fully saturated rings. The Kier molecular flexibility index (Phi) is 6.14. The smallest absolute Gasteiger partial charge is 0.240 e. The highest BCUT2D eigenvalue weighted by Gasteiger charge is 2.16. The maximum absolute atomic E-state index is 12.4. The van der Waals surface area contributed by atoms with E-state index in [1.165, 1.54) is 6.92 Å². The number of benzene rings is 2. The third kappa shape index (κ3) is 4.69. The van der Waals surface area contributed by atoms with Crippen molar-refractivity contribution in [1.82, 2.24) is 4.72 Å². The lowest BCUT2D eigenvalue weighted by Gasteiger charge is -2.12. The summed E-state index contributed by atoms with van der Waals surface area (Å²) in [4.78, 5) is 11.7. The van der Waals surface area contributed by atoms with Gasteiger partial charge < -0.3 is 5.32 Å². The molecule has 0 aliphatic heterocycles. The van der Waals surface area contributed by atoms with Crippen LogP contribution in [0.15, 0.2) is 41.3 Å². The Balaban J connectivity index is 2.05. The number of sulfonamides is 1. The van der Waals surface area contributed by atoms with Gasteiger partial charge in [0.15, 0.2) is 5.78 Å². The van der Waals surface area contributed by atoms with Crippen LogP contribution in [0, 0.1) is 25.2 Å². The molecule has 0 unspecified atom stereocenters. The first-order valence-corrected chi connectivity index (χ1v) is 9.59. The molecule has 2 N–H and O–H groups in total. The summed E-state index contributed by atoms with van der Waals surface area (Å²) >= 11 is 0. The minimum Gasteiger partial charge on any atom is -0.383 e. The molecule has 0 bridgehead atoms. The number of rotatable bonds is 7. The molecule has 0 spiro atoms. The third-order valence-electron chi connectivity index (χ3n) is 3.91. The standard InChI is InChI=1S/C19H21N3O3S/c1-13-4-5-14(2)19(10-13)26(24,25)22-9-8-21-18-11-16(15(3)23)6-7-17(18)12-20/h4-7,10-11,21-22H,8-9H2,1-3H3. The predicted molar refractivity (Wildman–Crippen MR) is 101 cm³/mol. The van der Waals surface area contributed by atoms with Crippen molar-refractivity contribution in [3.05, 3.63) is 58.7 Å². The molecule has 7 heteroatoms. The molecule has 0 saturated heterocycles. The zero-order valence-corrected chi connectivity index (χ0v) is 15.8. The fourth-order valence-corrected chi connectivity index (χ4v) is 3.82. The van der Waals surface area contributed by atoms with Gasteiger partial charge in [0, 0.05) is 18.7 Å². The first-order chi connectivity index (χ1) is 12.2. The highest BCUT2D eigenvalue weighted by molar-refractivity contribution is 7.89. The highest BCUT2D eigenvalue weighted by atomic mass is 32.2. The molecule has 0 aromatic heterocycles. The van der Waals surface area contributed by atoms with Crippen molar-refractivity contribution in [2.45, 2.75) is 25.7 Å². The summed E-state index contributed by atoms with van der Waals surface area (Å²) in [6.45, 7) is 5.46. The molecule has 2 rings (SSSR count). The van der Waals surface area contributed by atoms with Gasteiger partial charge in [0.25, 0.3) is 0 Å². The summed E-state index contributed by atoms with van der Waals surface area (Å²) < 4.78 is 27.4. The van der Waals surface area contributed by atoms with Crippen LogP contribution < -0.4 is 10.0 Å². The number of carbonyl (C=O) groups is 1.